The molecular weight excluding hydrogens is 468 g/mol. The summed E-state index contributed by atoms with van der Waals surface area (Å²) in [5.74, 6) is 0.0132. The first kappa shape index (κ1) is 24.3. The van der Waals surface area contributed by atoms with Crippen LogP contribution in [0.3, 0.4) is 0 Å². The third-order valence-electron chi connectivity index (χ3n) is 5.80. The van der Waals surface area contributed by atoms with E-state index in [0.717, 1.165) is 22.3 Å². The molecule has 0 spiro atoms. The van der Waals surface area contributed by atoms with E-state index in [1.807, 2.05) is 42.7 Å². The quantitative estimate of drug-likeness (QED) is 0.190. The van der Waals surface area contributed by atoms with Gasteiger partial charge in [0.2, 0.25) is 0 Å². The summed E-state index contributed by atoms with van der Waals surface area (Å²) >= 11 is 1.53. The highest BCUT2D eigenvalue weighted by atomic mass is 32.2. The molecule has 8 nitrogen and oxygen atoms in total. The van der Waals surface area contributed by atoms with Gasteiger partial charge in [0.15, 0.2) is 0 Å². The summed E-state index contributed by atoms with van der Waals surface area (Å²) in [5.41, 5.74) is 4.33. The number of hydrogen-bond donors (Lipinski definition) is 1. The van der Waals surface area contributed by atoms with Crippen molar-refractivity contribution in [2.75, 3.05) is 18.6 Å². The molecule has 1 unspecified atom stereocenters. The number of nitro groups is 1. The van der Waals surface area contributed by atoms with Crippen LogP contribution in [0.5, 0.6) is 5.75 Å². The molecule has 0 aromatic heterocycles. The smallest absolute Gasteiger partial charge is 0.407 e. The molecule has 0 aliphatic heterocycles. The fourth-order valence-electron chi connectivity index (χ4n) is 4.09. The number of nitrogens with zero attached hydrogens (tertiary/aromatic N) is 1. The van der Waals surface area contributed by atoms with Crippen molar-refractivity contribution in [2.45, 2.75) is 18.4 Å². The summed E-state index contributed by atoms with van der Waals surface area (Å²) in [7, 11) is 0. The summed E-state index contributed by atoms with van der Waals surface area (Å²) in [6.45, 7) is 0.131. The number of esters is 1. The van der Waals surface area contributed by atoms with Crippen molar-refractivity contribution in [1.82, 2.24) is 5.32 Å². The zero-order valence-electron chi connectivity index (χ0n) is 19.0. The normalized spacial score (nSPS) is 12.8. The third kappa shape index (κ3) is 5.63. The van der Waals surface area contributed by atoms with Crippen molar-refractivity contribution in [3.05, 3.63) is 94.0 Å². The molecule has 3 aromatic carbocycles. The lowest BCUT2D eigenvalue weighted by Crippen LogP contribution is -2.44. The molecule has 9 heteroatoms. The standard InChI is InChI=1S/C26H24N2O6S/c1-35-15-14-24(25(29)34-18-12-10-17(11-13-18)28(31)32)27-26(30)33-16-23-21-8-4-2-6-19(21)20-7-3-5-9-22(20)23/h2-13,23-24H,14-16H2,1H3,(H,27,30). The Morgan fingerprint density at radius 1 is 1.00 bits per heavy atom. The van der Waals surface area contributed by atoms with E-state index in [9.17, 15) is 19.7 Å². The zero-order chi connectivity index (χ0) is 24.8. The van der Waals surface area contributed by atoms with Crippen molar-refractivity contribution in [3.63, 3.8) is 0 Å². The van der Waals surface area contributed by atoms with Gasteiger partial charge < -0.3 is 14.8 Å². The number of alkyl carbamates (subject to hydrolysis) is 1. The van der Waals surface area contributed by atoms with Gasteiger partial charge in [-0.25, -0.2) is 9.59 Å². The van der Waals surface area contributed by atoms with E-state index in [2.05, 4.69) is 17.4 Å². The highest BCUT2D eigenvalue weighted by Gasteiger charge is 2.30. The average Bonchev–Trinajstić information content (AvgIpc) is 3.19. The van der Waals surface area contributed by atoms with Crippen molar-refractivity contribution >= 4 is 29.5 Å². The summed E-state index contributed by atoms with van der Waals surface area (Å²) in [6, 6.07) is 20.3. The SMILES string of the molecule is CSCCC(NC(=O)OCC1c2ccccc2-c2ccccc21)C(=O)Oc1ccc([N+](=O)[O-])cc1. The topological polar surface area (TPSA) is 108 Å². The Labute approximate surface area is 206 Å². The number of rotatable bonds is 9. The van der Waals surface area contributed by atoms with Gasteiger partial charge in [-0.1, -0.05) is 48.5 Å². The van der Waals surface area contributed by atoms with Crippen LogP contribution >= 0.6 is 11.8 Å². The molecule has 0 heterocycles. The highest BCUT2D eigenvalue weighted by Crippen LogP contribution is 2.44. The second-order valence-electron chi connectivity index (χ2n) is 7.98. The lowest BCUT2D eigenvalue weighted by molar-refractivity contribution is -0.384. The highest BCUT2D eigenvalue weighted by molar-refractivity contribution is 7.98. The molecule has 1 N–H and O–H groups in total. The van der Waals surface area contributed by atoms with Gasteiger partial charge in [-0.2, -0.15) is 11.8 Å². The number of carbonyl (C=O) groups is 2. The van der Waals surface area contributed by atoms with Gasteiger partial charge in [0.05, 0.1) is 4.92 Å². The number of nitro benzene ring substituents is 1. The maximum atomic E-state index is 12.7. The van der Waals surface area contributed by atoms with E-state index in [0.29, 0.717) is 12.2 Å². The summed E-state index contributed by atoms with van der Waals surface area (Å²) in [5, 5.41) is 13.4. The first-order valence-corrected chi connectivity index (χ1v) is 12.4. The van der Waals surface area contributed by atoms with Crippen LogP contribution in [-0.2, 0) is 9.53 Å². The van der Waals surface area contributed by atoms with Gasteiger partial charge in [0, 0.05) is 18.1 Å². The third-order valence-corrected chi connectivity index (χ3v) is 6.44. The van der Waals surface area contributed by atoms with E-state index in [1.54, 1.807) is 0 Å². The van der Waals surface area contributed by atoms with Crippen LogP contribution in [0.25, 0.3) is 11.1 Å². The molecule has 0 bridgehead atoms. The van der Waals surface area contributed by atoms with Crippen LogP contribution in [0.4, 0.5) is 10.5 Å². The molecule has 0 saturated heterocycles. The van der Waals surface area contributed by atoms with Crippen LogP contribution in [-0.4, -0.2) is 41.6 Å². The van der Waals surface area contributed by atoms with E-state index in [4.69, 9.17) is 9.47 Å². The molecule has 0 fully saturated rings. The molecule has 3 aromatic rings. The molecule has 0 saturated carbocycles. The molecule has 0 radical (unpaired) electrons. The van der Waals surface area contributed by atoms with Gasteiger partial charge >= 0.3 is 12.1 Å². The number of non-ortho nitro benzene ring substituents is 1. The molecule has 180 valence electrons. The van der Waals surface area contributed by atoms with E-state index in [-0.39, 0.29) is 24.0 Å². The van der Waals surface area contributed by atoms with Crippen molar-refractivity contribution in [1.29, 1.82) is 0 Å². The summed E-state index contributed by atoms with van der Waals surface area (Å²) in [4.78, 5) is 35.6. The van der Waals surface area contributed by atoms with E-state index < -0.39 is 23.0 Å². The Hall–Kier alpha value is -3.85. The fourth-order valence-corrected chi connectivity index (χ4v) is 4.56. The van der Waals surface area contributed by atoms with Crippen molar-refractivity contribution in [3.8, 4) is 16.9 Å². The summed E-state index contributed by atoms with van der Waals surface area (Å²) in [6.07, 6.45) is 1.53. The minimum Gasteiger partial charge on any atom is -0.449 e. The Bertz CT molecular complexity index is 1190. The molecule has 1 aliphatic rings. The Morgan fingerprint density at radius 2 is 1.60 bits per heavy atom. The number of fused-ring (bicyclic) bond motifs is 3. The maximum absolute atomic E-state index is 12.7. The van der Waals surface area contributed by atoms with Crippen molar-refractivity contribution < 1.29 is 24.0 Å². The lowest BCUT2D eigenvalue weighted by Gasteiger charge is -2.19. The predicted octanol–water partition coefficient (Wildman–Crippen LogP) is 5.16. The molecular formula is C26H24N2O6S. The monoisotopic (exact) mass is 492 g/mol. The van der Waals surface area contributed by atoms with Crippen molar-refractivity contribution in [2.24, 2.45) is 0 Å². The Kier molecular flexibility index (Phi) is 7.67. The van der Waals surface area contributed by atoms with Gasteiger partial charge in [0.25, 0.3) is 5.69 Å². The second-order valence-corrected chi connectivity index (χ2v) is 8.96. The van der Waals surface area contributed by atoms with Gasteiger partial charge in [-0.3, -0.25) is 10.1 Å². The number of hydrogen-bond acceptors (Lipinski definition) is 7. The first-order chi connectivity index (χ1) is 17.0. The summed E-state index contributed by atoms with van der Waals surface area (Å²) < 4.78 is 10.9. The minimum absolute atomic E-state index is 0.0927. The second kappa shape index (κ2) is 11.1. The Balaban J connectivity index is 1.40. The molecule has 1 amide bonds. The van der Waals surface area contributed by atoms with Gasteiger partial charge in [-0.15, -0.1) is 0 Å². The minimum atomic E-state index is -0.923. The number of carbonyl (C=O) groups excluding carboxylic acids is 2. The molecule has 4 rings (SSSR count). The largest absolute Gasteiger partial charge is 0.449 e. The lowest BCUT2D eigenvalue weighted by atomic mass is 9.98. The van der Waals surface area contributed by atoms with Crippen LogP contribution in [0.2, 0.25) is 0 Å². The Morgan fingerprint density at radius 3 is 2.17 bits per heavy atom. The van der Waals surface area contributed by atoms with Crippen LogP contribution < -0.4 is 10.1 Å². The molecule has 1 atom stereocenters. The van der Waals surface area contributed by atoms with E-state index >= 15 is 0 Å². The molecule has 1 aliphatic carbocycles. The number of ether oxygens (including phenoxy) is 2. The average molecular weight is 493 g/mol. The fraction of sp³-hybridized carbons (Fsp3) is 0.231. The van der Waals surface area contributed by atoms with Gasteiger partial charge in [0.1, 0.15) is 18.4 Å². The van der Waals surface area contributed by atoms with Crippen LogP contribution in [0, 0.1) is 10.1 Å². The van der Waals surface area contributed by atoms with Crippen LogP contribution in [0.1, 0.15) is 23.5 Å². The number of nitrogens with one attached hydrogen (secondary N) is 1. The predicted molar refractivity (Wildman–Crippen MR) is 134 cm³/mol. The zero-order valence-corrected chi connectivity index (χ0v) is 19.8. The van der Waals surface area contributed by atoms with Gasteiger partial charge in [-0.05, 0) is 52.8 Å². The first-order valence-electron chi connectivity index (χ1n) is 11.0. The number of thioether (sulfide) groups is 1. The number of amides is 1. The maximum Gasteiger partial charge on any atom is 0.407 e. The van der Waals surface area contributed by atoms with Crippen LogP contribution in [0.15, 0.2) is 72.8 Å². The van der Waals surface area contributed by atoms with E-state index in [1.165, 1.54) is 36.0 Å². The molecule has 35 heavy (non-hydrogen) atoms. The number of benzene rings is 3.